The first-order valence-electron chi connectivity index (χ1n) is 7.60. The minimum Gasteiger partial charge on any atom is -0.355 e. The molecule has 1 saturated heterocycles. The summed E-state index contributed by atoms with van der Waals surface area (Å²) in [4.78, 5) is 38.6. The molecule has 0 aromatic heterocycles. The van der Waals surface area contributed by atoms with E-state index in [1.165, 1.54) is 0 Å². The van der Waals surface area contributed by atoms with Gasteiger partial charge < -0.3 is 15.5 Å². The van der Waals surface area contributed by atoms with Gasteiger partial charge in [-0.15, -0.1) is 0 Å². The van der Waals surface area contributed by atoms with E-state index < -0.39 is 0 Å². The predicted molar refractivity (Wildman–Crippen MR) is 79.6 cm³/mol. The second-order valence-electron chi connectivity index (χ2n) is 5.12. The quantitative estimate of drug-likeness (QED) is 0.614. The Balaban J connectivity index is 2.27. The summed E-state index contributed by atoms with van der Waals surface area (Å²) in [5, 5.41) is 5.32. The minimum absolute atomic E-state index is 0.0346. The van der Waals surface area contributed by atoms with Crippen LogP contribution in [0.25, 0.3) is 0 Å². The first-order valence-corrected chi connectivity index (χ1v) is 7.60. The maximum Gasteiger partial charge on any atom is 0.241 e. The summed E-state index contributed by atoms with van der Waals surface area (Å²) < 4.78 is 0. The molecule has 7 heteroatoms. The van der Waals surface area contributed by atoms with E-state index in [1.807, 2.05) is 13.8 Å². The number of likely N-dealkylation sites (N-methyl/N-ethyl adjacent to an activating group) is 2. The third-order valence-electron chi connectivity index (χ3n) is 3.45. The highest BCUT2D eigenvalue weighted by Crippen LogP contribution is 2.06. The molecule has 1 rings (SSSR count). The van der Waals surface area contributed by atoms with Gasteiger partial charge in [0, 0.05) is 19.6 Å². The van der Waals surface area contributed by atoms with Gasteiger partial charge in [0.1, 0.15) is 0 Å². The molecule has 0 aromatic carbocycles. The summed E-state index contributed by atoms with van der Waals surface area (Å²) in [6.45, 7) is 6.85. The molecule has 0 bridgehead atoms. The second-order valence-corrected chi connectivity index (χ2v) is 5.12. The Morgan fingerprint density at radius 1 is 1.00 bits per heavy atom. The van der Waals surface area contributed by atoms with Crippen molar-refractivity contribution in [3.05, 3.63) is 0 Å². The van der Waals surface area contributed by atoms with Crippen LogP contribution in [0.1, 0.15) is 26.7 Å². The summed E-state index contributed by atoms with van der Waals surface area (Å²) in [6, 6.07) is 0. The van der Waals surface area contributed by atoms with E-state index in [-0.39, 0.29) is 37.4 Å². The Morgan fingerprint density at radius 2 is 1.57 bits per heavy atom. The Hall–Kier alpha value is -1.63. The highest BCUT2D eigenvalue weighted by molar-refractivity contribution is 5.86. The molecule has 2 N–H and O–H groups in total. The Bertz CT molecular complexity index is 367. The van der Waals surface area contributed by atoms with Gasteiger partial charge in [-0.3, -0.25) is 19.3 Å². The zero-order valence-corrected chi connectivity index (χ0v) is 13.0. The summed E-state index contributed by atoms with van der Waals surface area (Å²) in [6.07, 6.45) is 2.08. The standard InChI is InChI=1S/C14H26N4O3/c1-3-15-12(19)10-17(4-2)11-13(20)16-9-14(21)18-7-5-6-8-18/h3-11H2,1-2H3,(H,15,19)(H,16,20). The highest BCUT2D eigenvalue weighted by atomic mass is 16.2. The summed E-state index contributed by atoms with van der Waals surface area (Å²) in [5.74, 6) is -0.360. The molecule has 120 valence electrons. The van der Waals surface area contributed by atoms with Crippen LogP contribution in [0, 0.1) is 0 Å². The van der Waals surface area contributed by atoms with Crippen LogP contribution in [0.4, 0.5) is 0 Å². The molecule has 0 spiro atoms. The predicted octanol–water partition coefficient (Wildman–Crippen LogP) is -0.817. The third kappa shape index (κ3) is 6.57. The van der Waals surface area contributed by atoms with Gasteiger partial charge in [0.05, 0.1) is 19.6 Å². The van der Waals surface area contributed by atoms with E-state index in [4.69, 9.17) is 0 Å². The third-order valence-corrected chi connectivity index (χ3v) is 3.45. The van der Waals surface area contributed by atoms with Crippen molar-refractivity contribution in [1.82, 2.24) is 20.4 Å². The largest absolute Gasteiger partial charge is 0.355 e. The van der Waals surface area contributed by atoms with Gasteiger partial charge in [0.2, 0.25) is 17.7 Å². The molecule has 0 aromatic rings. The van der Waals surface area contributed by atoms with E-state index >= 15 is 0 Å². The zero-order chi connectivity index (χ0) is 15.7. The fourth-order valence-corrected chi connectivity index (χ4v) is 2.25. The molecule has 3 amide bonds. The molecule has 0 radical (unpaired) electrons. The lowest BCUT2D eigenvalue weighted by Crippen LogP contribution is -2.45. The van der Waals surface area contributed by atoms with Crippen molar-refractivity contribution >= 4 is 17.7 Å². The number of hydrogen-bond donors (Lipinski definition) is 2. The fraction of sp³-hybridized carbons (Fsp3) is 0.786. The Morgan fingerprint density at radius 3 is 2.10 bits per heavy atom. The molecule has 1 heterocycles. The highest BCUT2D eigenvalue weighted by Gasteiger charge is 2.19. The van der Waals surface area contributed by atoms with E-state index in [0.29, 0.717) is 13.1 Å². The number of carbonyl (C=O) groups is 3. The lowest BCUT2D eigenvalue weighted by molar-refractivity contribution is -0.132. The molecule has 1 fully saturated rings. The van der Waals surface area contributed by atoms with Gasteiger partial charge in [0.25, 0.3) is 0 Å². The average molecular weight is 298 g/mol. The molecule has 1 aliphatic heterocycles. The van der Waals surface area contributed by atoms with Crippen LogP contribution in [-0.4, -0.2) is 73.3 Å². The van der Waals surface area contributed by atoms with Crippen LogP contribution in [0.2, 0.25) is 0 Å². The molecule has 0 atom stereocenters. The number of hydrogen-bond acceptors (Lipinski definition) is 4. The van der Waals surface area contributed by atoms with Crippen LogP contribution in [0.5, 0.6) is 0 Å². The van der Waals surface area contributed by atoms with E-state index in [2.05, 4.69) is 10.6 Å². The van der Waals surface area contributed by atoms with Gasteiger partial charge in [0.15, 0.2) is 0 Å². The number of rotatable bonds is 8. The van der Waals surface area contributed by atoms with Crippen LogP contribution in [0.3, 0.4) is 0 Å². The van der Waals surface area contributed by atoms with E-state index in [9.17, 15) is 14.4 Å². The second kappa shape index (κ2) is 9.33. The fourth-order valence-electron chi connectivity index (χ4n) is 2.25. The number of likely N-dealkylation sites (tertiary alicyclic amines) is 1. The van der Waals surface area contributed by atoms with E-state index in [0.717, 1.165) is 25.9 Å². The molecular weight excluding hydrogens is 272 g/mol. The smallest absolute Gasteiger partial charge is 0.241 e. The van der Waals surface area contributed by atoms with Crippen LogP contribution in [0.15, 0.2) is 0 Å². The van der Waals surface area contributed by atoms with Gasteiger partial charge in [-0.2, -0.15) is 0 Å². The molecule has 0 unspecified atom stereocenters. The maximum atomic E-state index is 11.8. The van der Waals surface area contributed by atoms with Crippen LogP contribution >= 0.6 is 0 Å². The molecule has 0 aliphatic carbocycles. The Kier molecular flexibility index (Phi) is 7.74. The van der Waals surface area contributed by atoms with Crippen molar-refractivity contribution in [1.29, 1.82) is 0 Å². The number of amides is 3. The maximum absolute atomic E-state index is 11.8. The lowest BCUT2D eigenvalue weighted by atomic mass is 10.4. The first kappa shape index (κ1) is 17.4. The normalized spacial score (nSPS) is 14.3. The lowest BCUT2D eigenvalue weighted by Gasteiger charge is -2.20. The molecular formula is C14H26N4O3. The number of nitrogens with one attached hydrogen (secondary N) is 2. The van der Waals surface area contributed by atoms with Gasteiger partial charge in [-0.25, -0.2) is 0 Å². The molecule has 21 heavy (non-hydrogen) atoms. The Labute approximate surface area is 126 Å². The van der Waals surface area contributed by atoms with Crippen molar-refractivity contribution in [2.24, 2.45) is 0 Å². The van der Waals surface area contributed by atoms with Crippen LogP contribution < -0.4 is 10.6 Å². The van der Waals surface area contributed by atoms with Gasteiger partial charge in [-0.05, 0) is 26.3 Å². The summed E-state index contributed by atoms with van der Waals surface area (Å²) >= 11 is 0. The molecule has 7 nitrogen and oxygen atoms in total. The SMILES string of the molecule is CCNC(=O)CN(CC)CC(=O)NCC(=O)N1CCCC1. The van der Waals surface area contributed by atoms with Crippen molar-refractivity contribution in [2.75, 3.05) is 45.8 Å². The molecule has 1 aliphatic rings. The number of nitrogens with zero attached hydrogens (tertiary/aromatic N) is 2. The van der Waals surface area contributed by atoms with Crippen molar-refractivity contribution in [3.8, 4) is 0 Å². The van der Waals surface area contributed by atoms with Crippen molar-refractivity contribution in [2.45, 2.75) is 26.7 Å². The monoisotopic (exact) mass is 298 g/mol. The molecule has 0 saturated carbocycles. The van der Waals surface area contributed by atoms with Gasteiger partial charge >= 0.3 is 0 Å². The topological polar surface area (TPSA) is 81.8 Å². The average Bonchev–Trinajstić information content (AvgIpc) is 2.98. The number of carbonyl (C=O) groups excluding carboxylic acids is 3. The van der Waals surface area contributed by atoms with Gasteiger partial charge in [-0.1, -0.05) is 6.92 Å². The van der Waals surface area contributed by atoms with Crippen LogP contribution in [-0.2, 0) is 14.4 Å². The zero-order valence-electron chi connectivity index (χ0n) is 13.0. The minimum atomic E-state index is -0.228. The van der Waals surface area contributed by atoms with Crippen molar-refractivity contribution < 1.29 is 14.4 Å². The van der Waals surface area contributed by atoms with E-state index in [1.54, 1.807) is 9.80 Å². The first-order chi connectivity index (χ1) is 10.1. The summed E-state index contributed by atoms with van der Waals surface area (Å²) in [5.41, 5.74) is 0. The van der Waals surface area contributed by atoms with Crippen molar-refractivity contribution in [3.63, 3.8) is 0 Å². The summed E-state index contributed by atoms with van der Waals surface area (Å²) in [7, 11) is 0.